The summed E-state index contributed by atoms with van der Waals surface area (Å²) in [5.41, 5.74) is 7.26. The molecule has 1 atom stereocenters. The fourth-order valence-electron chi connectivity index (χ4n) is 3.78. The lowest BCUT2D eigenvalue weighted by Gasteiger charge is -2.31. The van der Waals surface area contributed by atoms with Crippen LogP contribution in [0, 0.1) is 5.92 Å². The van der Waals surface area contributed by atoms with E-state index in [1.807, 2.05) is 38.1 Å². The molecule has 2 aromatic carbocycles. The van der Waals surface area contributed by atoms with E-state index < -0.39 is 16.1 Å². The zero-order valence-electron chi connectivity index (χ0n) is 20.9. The van der Waals surface area contributed by atoms with Crippen LogP contribution in [0.25, 0.3) is 0 Å². The number of methoxy groups -OCH3 is 1. The summed E-state index contributed by atoms with van der Waals surface area (Å²) >= 11 is 0. The van der Waals surface area contributed by atoms with Crippen molar-refractivity contribution in [3.8, 4) is 5.75 Å². The van der Waals surface area contributed by atoms with E-state index in [2.05, 4.69) is 5.32 Å². The quantitative estimate of drug-likeness (QED) is 0.252. The van der Waals surface area contributed by atoms with E-state index in [0.29, 0.717) is 50.9 Å². The summed E-state index contributed by atoms with van der Waals surface area (Å²) in [5.74, 6) is 0.858. The van der Waals surface area contributed by atoms with Crippen molar-refractivity contribution in [2.45, 2.75) is 56.9 Å². The molecule has 0 unspecified atom stereocenters. The fourth-order valence-corrected chi connectivity index (χ4v) is 5.59. The Kier molecular flexibility index (Phi) is 11.5. The zero-order chi connectivity index (χ0) is 25.8. The van der Waals surface area contributed by atoms with Gasteiger partial charge in [-0.2, -0.15) is 4.31 Å². The minimum absolute atomic E-state index is 0.0214. The molecule has 8 nitrogen and oxygen atoms in total. The van der Waals surface area contributed by atoms with E-state index in [0.717, 1.165) is 11.3 Å². The number of hydrogen-bond donors (Lipinski definition) is 3. The molecule has 9 heteroatoms. The van der Waals surface area contributed by atoms with Crippen molar-refractivity contribution >= 4 is 21.6 Å². The van der Waals surface area contributed by atoms with E-state index in [1.54, 1.807) is 19.2 Å². The van der Waals surface area contributed by atoms with Crippen LogP contribution in [0.5, 0.6) is 5.75 Å². The first kappa shape index (κ1) is 28.6. The Morgan fingerprint density at radius 1 is 1.09 bits per heavy atom. The van der Waals surface area contributed by atoms with Gasteiger partial charge in [0.2, 0.25) is 15.9 Å². The number of aliphatic hydroxyl groups excluding tert-OH is 1. The van der Waals surface area contributed by atoms with Crippen LogP contribution in [0.15, 0.2) is 53.4 Å². The van der Waals surface area contributed by atoms with Gasteiger partial charge in [-0.3, -0.25) is 4.79 Å². The Labute approximate surface area is 209 Å². The lowest BCUT2D eigenvalue weighted by Crippen LogP contribution is -2.44. The number of carbonyl (C=O) groups is 1. The van der Waals surface area contributed by atoms with Crippen molar-refractivity contribution in [3.05, 3.63) is 54.1 Å². The summed E-state index contributed by atoms with van der Waals surface area (Å²) in [5, 5.41) is 12.9. The number of nitrogens with one attached hydrogen (secondary N) is 1. The van der Waals surface area contributed by atoms with E-state index >= 15 is 0 Å². The van der Waals surface area contributed by atoms with Crippen LogP contribution in [0.3, 0.4) is 0 Å². The molecule has 4 N–H and O–H groups in total. The minimum atomic E-state index is -3.78. The second kappa shape index (κ2) is 14.1. The van der Waals surface area contributed by atoms with Crippen LogP contribution >= 0.6 is 0 Å². The average Bonchev–Trinajstić information content (AvgIpc) is 2.84. The van der Waals surface area contributed by atoms with Crippen LogP contribution in [0.4, 0.5) is 5.69 Å². The molecular weight excluding hydrogens is 466 g/mol. The second-order valence-corrected chi connectivity index (χ2v) is 11.0. The number of ether oxygens (including phenoxy) is 1. The maximum absolute atomic E-state index is 13.3. The van der Waals surface area contributed by atoms with Gasteiger partial charge in [-0.05, 0) is 67.1 Å². The number of aryl methyl sites for hydroxylation is 1. The zero-order valence-corrected chi connectivity index (χ0v) is 21.8. The van der Waals surface area contributed by atoms with Gasteiger partial charge in [-0.1, -0.05) is 32.4 Å². The van der Waals surface area contributed by atoms with E-state index in [1.165, 1.54) is 16.4 Å². The molecule has 2 aromatic rings. The van der Waals surface area contributed by atoms with Gasteiger partial charge in [0.1, 0.15) is 5.75 Å². The monoisotopic (exact) mass is 505 g/mol. The lowest BCUT2D eigenvalue weighted by atomic mass is 10.1. The average molecular weight is 506 g/mol. The van der Waals surface area contributed by atoms with Crippen LogP contribution in [-0.4, -0.2) is 56.6 Å². The van der Waals surface area contributed by atoms with Crippen molar-refractivity contribution in [1.82, 2.24) is 9.62 Å². The molecular formula is C26H39N3O5S. The standard InChI is InChI=1S/C26H39N3O5S/c1-20(2)18-29(35(32,33)25-14-10-22(27)11-15-25)23(19-30)6-4-5-17-28-26(31)16-9-21-7-12-24(34-3)13-8-21/h7-8,10-15,20,23,30H,4-6,9,16-19,27H2,1-3H3,(H,28,31)/t23-/m0/s1. The number of unbranched alkanes of at least 4 members (excludes halogenated alkanes) is 1. The van der Waals surface area contributed by atoms with Gasteiger partial charge in [0, 0.05) is 31.2 Å². The highest BCUT2D eigenvalue weighted by Gasteiger charge is 2.31. The van der Waals surface area contributed by atoms with Gasteiger partial charge in [0.25, 0.3) is 0 Å². The molecule has 0 saturated heterocycles. The Morgan fingerprint density at radius 2 is 1.74 bits per heavy atom. The van der Waals surface area contributed by atoms with E-state index in [9.17, 15) is 18.3 Å². The van der Waals surface area contributed by atoms with Gasteiger partial charge < -0.3 is 20.9 Å². The number of nitrogens with two attached hydrogens (primary N) is 1. The normalized spacial score (nSPS) is 12.6. The number of nitrogen functional groups attached to an aromatic ring is 1. The molecule has 0 heterocycles. The van der Waals surface area contributed by atoms with Crippen molar-refractivity contribution in [2.75, 3.05) is 32.5 Å². The molecule has 35 heavy (non-hydrogen) atoms. The molecule has 0 aliphatic heterocycles. The number of hydrogen-bond acceptors (Lipinski definition) is 6. The highest BCUT2D eigenvalue weighted by atomic mass is 32.2. The van der Waals surface area contributed by atoms with Crippen LogP contribution in [0.2, 0.25) is 0 Å². The number of benzene rings is 2. The SMILES string of the molecule is COc1ccc(CCC(=O)NCCCC[C@@H](CO)N(CC(C)C)S(=O)(=O)c2ccc(N)cc2)cc1. The van der Waals surface area contributed by atoms with Gasteiger partial charge >= 0.3 is 0 Å². The predicted molar refractivity (Wildman–Crippen MR) is 139 cm³/mol. The number of carbonyl (C=O) groups excluding carboxylic acids is 1. The van der Waals surface area contributed by atoms with E-state index in [4.69, 9.17) is 10.5 Å². The molecule has 194 valence electrons. The van der Waals surface area contributed by atoms with Gasteiger partial charge in [-0.25, -0.2) is 8.42 Å². The van der Waals surface area contributed by atoms with E-state index in [-0.39, 0.29) is 23.3 Å². The number of anilines is 1. The maximum atomic E-state index is 13.3. The first-order valence-electron chi connectivity index (χ1n) is 12.0. The van der Waals surface area contributed by atoms with Gasteiger partial charge in [0.15, 0.2) is 0 Å². The molecule has 0 saturated carbocycles. The molecule has 2 rings (SSSR count). The maximum Gasteiger partial charge on any atom is 0.243 e. The molecule has 0 aliphatic carbocycles. The topological polar surface area (TPSA) is 122 Å². The molecule has 0 bridgehead atoms. The molecule has 0 aliphatic rings. The fraction of sp³-hybridized carbons (Fsp3) is 0.500. The number of sulfonamides is 1. The summed E-state index contributed by atoms with van der Waals surface area (Å²) in [6.45, 7) is 4.44. The minimum Gasteiger partial charge on any atom is -0.497 e. The molecule has 0 radical (unpaired) electrons. The molecule has 0 spiro atoms. The first-order valence-corrected chi connectivity index (χ1v) is 13.5. The number of amides is 1. The Hall–Kier alpha value is -2.62. The third kappa shape index (κ3) is 9.16. The summed E-state index contributed by atoms with van der Waals surface area (Å²) < 4.78 is 33.1. The molecule has 1 amide bonds. The largest absolute Gasteiger partial charge is 0.497 e. The van der Waals surface area contributed by atoms with Crippen LogP contribution in [0.1, 0.15) is 45.1 Å². The smallest absolute Gasteiger partial charge is 0.243 e. The summed E-state index contributed by atoms with van der Waals surface area (Å²) in [6.07, 6.45) is 2.92. The molecule has 0 aromatic heterocycles. The molecule has 0 fully saturated rings. The lowest BCUT2D eigenvalue weighted by molar-refractivity contribution is -0.121. The van der Waals surface area contributed by atoms with Crippen LogP contribution in [-0.2, 0) is 21.2 Å². The summed E-state index contributed by atoms with van der Waals surface area (Å²) in [6, 6.07) is 13.2. The number of nitrogens with zero attached hydrogens (tertiary/aromatic N) is 1. The number of rotatable bonds is 15. The highest BCUT2D eigenvalue weighted by Crippen LogP contribution is 2.23. The summed E-state index contributed by atoms with van der Waals surface area (Å²) in [4.78, 5) is 12.3. The first-order chi connectivity index (χ1) is 16.7. The Bertz CT molecular complexity index is 1010. The Morgan fingerprint density at radius 3 is 2.31 bits per heavy atom. The third-order valence-electron chi connectivity index (χ3n) is 5.74. The Balaban J connectivity index is 1.84. The van der Waals surface area contributed by atoms with Crippen molar-refractivity contribution < 1.29 is 23.1 Å². The van der Waals surface area contributed by atoms with Crippen LogP contribution < -0.4 is 15.8 Å². The van der Waals surface area contributed by atoms with Gasteiger partial charge in [-0.15, -0.1) is 0 Å². The second-order valence-electron chi connectivity index (χ2n) is 9.07. The summed E-state index contributed by atoms with van der Waals surface area (Å²) in [7, 11) is -2.16. The van der Waals surface area contributed by atoms with Crippen molar-refractivity contribution in [1.29, 1.82) is 0 Å². The van der Waals surface area contributed by atoms with Crippen molar-refractivity contribution in [2.24, 2.45) is 5.92 Å². The number of aliphatic hydroxyl groups is 1. The predicted octanol–water partition coefficient (Wildman–Crippen LogP) is 3.20. The third-order valence-corrected chi connectivity index (χ3v) is 7.67. The highest BCUT2D eigenvalue weighted by molar-refractivity contribution is 7.89. The van der Waals surface area contributed by atoms with Crippen molar-refractivity contribution in [3.63, 3.8) is 0 Å². The van der Waals surface area contributed by atoms with Gasteiger partial charge in [0.05, 0.1) is 18.6 Å².